The first-order valence-electron chi connectivity index (χ1n) is 8.40. The van der Waals surface area contributed by atoms with E-state index in [1.165, 1.54) is 0 Å². The fraction of sp³-hybridized carbons (Fsp3) is 0.368. The molecule has 3 aromatic rings. The standard InChI is InChI=1S/C19H22N4O/c1-13-10-14(2)23(20-13)15-8-9-22(11-15)19(24)17-12-21(3)18-7-5-4-6-16(17)18/h4-7,10,12,15H,8-9,11H2,1-3H3/t15-/m0/s1. The van der Waals surface area contributed by atoms with Crippen molar-refractivity contribution in [2.45, 2.75) is 26.3 Å². The molecule has 1 fully saturated rings. The van der Waals surface area contributed by atoms with Gasteiger partial charge in [0.05, 0.1) is 17.3 Å². The molecular weight excluding hydrogens is 300 g/mol. The van der Waals surface area contributed by atoms with E-state index < -0.39 is 0 Å². The Morgan fingerprint density at radius 1 is 1.25 bits per heavy atom. The Hall–Kier alpha value is -2.56. The van der Waals surface area contributed by atoms with Crippen LogP contribution >= 0.6 is 0 Å². The molecule has 24 heavy (non-hydrogen) atoms. The zero-order valence-corrected chi connectivity index (χ0v) is 14.4. The van der Waals surface area contributed by atoms with Crippen LogP contribution in [0.5, 0.6) is 0 Å². The van der Waals surface area contributed by atoms with Crippen molar-refractivity contribution in [1.29, 1.82) is 0 Å². The van der Waals surface area contributed by atoms with Gasteiger partial charge in [-0.1, -0.05) is 18.2 Å². The number of nitrogens with zero attached hydrogens (tertiary/aromatic N) is 4. The van der Waals surface area contributed by atoms with E-state index in [0.717, 1.165) is 47.4 Å². The van der Waals surface area contributed by atoms with Crippen molar-refractivity contribution in [2.24, 2.45) is 7.05 Å². The van der Waals surface area contributed by atoms with Gasteiger partial charge in [0.1, 0.15) is 0 Å². The highest BCUT2D eigenvalue weighted by atomic mass is 16.2. The first kappa shape index (κ1) is 15.0. The Morgan fingerprint density at radius 3 is 2.79 bits per heavy atom. The first-order chi connectivity index (χ1) is 11.5. The minimum Gasteiger partial charge on any atom is -0.350 e. The Kier molecular flexibility index (Phi) is 3.44. The van der Waals surface area contributed by atoms with Gasteiger partial charge in [-0.15, -0.1) is 0 Å². The van der Waals surface area contributed by atoms with Crippen LogP contribution in [0.2, 0.25) is 0 Å². The van der Waals surface area contributed by atoms with E-state index in [0.29, 0.717) is 0 Å². The van der Waals surface area contributed by atoms with Crippen molar-refractivity contribution in [3.8, 4) is 0 Å². The van der Waals surface area contributed by atoms with Gasteiger partial charge in [0.15, 0.2) is 0 Å². The number of aromatic nitrogens is 3. The third-order valence-corrected chi connectivity index (χ3v) is 4.97. The third kappa shape index (κ3) is 2.31. The quantitative estimate of drug-likeness (QED) is 0.728. The van der Waals surface area contributed by atoms with Gasteiger partial charge in [-0.3, -0.25) is 9.48 Å². The molecule has 1 saturated heterocycles. The number of likely N-dealkylation sites (tertiary alicyclic amines) is 1. The normalized spacial score (nSPS) is 17.8. The molecule has 4 rings (SSSR count). The SMILES string of the molecule is Cc1cc(C)n([C@H]2CCN(C(=O)c3cn(C)c4ccccc34)C2)n1. The van der Waals surface area contributed by atoms with Crippen molar-refractivity contribution >= 4 is 16.8 Å². The summed E-state index contributed by atoms with van der Waals surface area (Å²) < 4.78 is 4.10. The van der Waals surface area contributed by atoms with E-state index >= 15 is 0 Å². The number of benzene rings is 1. The number of para-hydroxylation sites is 1. The van der Waals surface area contributed by atoms with Crippen LogP contribution in [0.25, 0.3) is 10.9 Å². The Balaban J connectivity index is 1.60. The summed E-state index contributed by atoms with van der Waals surface area (Å²) in [6.07, 6.45) is 2.90. The number of aryl methyl sites for hydroxylation is 3. The largest absolute Gasteiger partial charge is 0.350 e. The number of carbonyl (C=O) groups is 1. The van der Waals surface area contributed by atoms with Gasteiger partial charge in [-0.05, 0) is 32.4 Å². The minimum absolute atomic E-state index is 0.121. The second-order valence-electron chi connectivity index (χ2n) is 6.74. The average molecular weight is 322 g/mol. The fourth-order valence-electron chi connectivity index (χ4n) is 3.82. The van der Waals surface area contributed by atoms with Crippen molar-refractivity contribution in [2.75, 3.05) is 13.1 Å². The van der Waals surface area contributed by atoms with Crippen molar-refractivity contribution < 1.29 is 4.79 Å². The second-order valence-corrected chi connectivity index (χ2v) is 6.74. The molecule has 5 nitrogen and oxygen atoms in total. The molecule has 0 saturated carbocycles. The van der Waals surface area contributed by atoms with Crippen LogP contribution in [0.1, 0.15) is 34.2 Å². The molecule has 0 spiro atoms. The Morgan fingerprint density at radius 2 is 2.04 bits per heavy atom. The van der Waals surface area contributed by atoms with Gasteiger partial charge in [-0.25, -0.2) is 0 Å². The number of carbonyl (C=O) groups excluding carboxylic acids is 1. The Bertz CT molecular complexity index is 921. The van der Waals surface area contributed by atoms with Crippen molar-refractivity contribution in [3.05, 3.63) is 53.5 Å². The molecule has 1 amide bonds. The summed E-state index contributed by atoms with van der Waals surface area (Å²) in [5, 5.41) is 5.61. The van der Waals surface area contributed by atoms with Crippen molar-refractivity contribution in [3.63, 3.8) is 0 Å². The molecular formula is C19H22N4O. The van der Waals surface area contributed by atoms with E-state index in [4.69, 9.17) is 0 Å². The molecule has 124 valence electrons. The van der Waals surface area contributed by atoms with Crippen LogP contribution in [0, 0.1) is 13.8 Å². The van der Waals surface area contributed by atoms with E-state index in [1.807, 2.05) is 47.8 Å². The molecule has 0 aliphatic carbocycles. The number of hydrogen-bond acceptors (Lipinski definition) is 2. The summed E-state index contributed by atoms with van der Waals surface area (Å²) in [6, 6.07) is 10.4. The van der Waals surface area contributed by atoms with Gasteiger partial charge in [0.25, 0.3) is 5.91 Å². The molecule has 5 heteroatoms. The summed E-state index contributed by atoms with van der Waals surface area (Å²) in [7, 11) is 1.99. The maximum atomic E-state index is 13.0. The second kappa shape index (κ2) is 5.51. The lowest BCUT2D eigenvalue weighted by Gasteiger charge is -2.17. The molecule has 1 aliphatic heterocycles. The van der Waals surface area contributed by atoms with Gasteiger partial charge in [0.2, 0.25) is 0 Å². The lowest BCUT2D eigenvalue weighted by molar-refractivity contribution is 0.0788. The summed E-state index contributed by atoms with van der Waals surface area (Å²) in [6.45, 7) is 5.60. The summed E-state index contributed by atoms with van der Waals surface area (Å²) in [5.74, 6) is 0.121. The number of rotatable bonds is 2. The van der Waals surface area contributed by atoms with Gasteiger partial charge in [0, 0.05) is 42.9 Å². The minimum atomic E-state index is 0.121. The fourth-order valence-corrected chi connectivity index (χ4v) is 3.82. The topological polar surface area (TPSA) is 43.1 Å². The molecule has 2 aromatic heterocycles. The predicted molar refractivity (Wildman–Crippen MR) is 94.2 cm³/mol. The predicted octanol–water partition coefficient (Wildman–Crippen LogP) is 3.08. The Labute approximate surface area is 141 Å². The van der Waals surface area contributed by atoms with Crippen molar-refractivity contribution in [1.82, 2.24) is 19.2 Å². The highest BCUT2D eigenvalue weighted by molar-refractivity contribution is 6.07. The molecule has 3 heterocycles. The van der Waals surface area contributed by atoms with E-state index in [1.54, 1.807) is 0 Å². The highest BCUT2D eigenvalue weighted by Gasteiger charge is 2.30. The van der Waals surface area contributed by atoms with Crippen LogP contribution < -0.4 is 0 Å². The van der Waals surface area contributed by atoms with Crippen LogP contribution in [0.3, 0.4) is 0 Å². The van der Waals surface area contributed by atoms with Crippen LogP contribution in [0.4, 0.5) is 0 Å². The van der Waals surface area contributed by atoms with Crippen LogP contribution in [0.15, 0.2) is 36.5 Å². The third-order valence-electron chi connectivity index (χ3n) is 4.97. The van der Waals surface area contributed by atoms with E-state index in [2.05, 4.69) is 28.8 Å². The molecule has 0 bridgehead atoms. The molecule has 0 N–H and O–H groups in total. The molecule has 1 atom stereocenters. The first-order valence-corrected chi connectivity index (χ1v) is 8.40. The van der Waals surface area contributed by atoms with E-state index in [9.17, 15) is 4.79 Å². The van der Waals surface area contributed by atoms with Crippen LogP contribution in [-0.2, 0) is 7.05 Å². The smallest absolute Gasteiger partial charge is 0.256 e. The maximum absolute atomic E-state index is 13.0. The van der Waals surface area contributed by atoms with Gasteiger partial charge >= 0.3 is 0 Å². The van der Waals surface area contributed by atoms with Gasteiger partial charge < -0.3 is 9.47 Å². The number of hydrogen-bond donors (Lipinski definition) is 0. The lowest BCUT2D eigenvalue weighted by Crippen LogP contribution is -2.29. The zero-order valence-electron chi connectivity index (χ0n) is 14.4. The monoisotopic (exact) mass is 322 g/mol. The molecule has 1 aromatic carbocycles. The highest BCUT2D eigenvalue weighted by Crippen LogP contribution is 2.27. The molecule has 1 aliphatic rings. The summed E-state index contributed by atoms with van der Waals surface area (Å²) in [4.78, 5) is 15.0. The average Bonchev–Trinajstić information content (AvgIpc) is 3.25. The molecule has 0 radical (unpaired) electrons. The summed E-state index contributed by atoms with van der Waals surface area (Å²) in [5.41, 5.74) is 4.08. The number of amides is 1. The molecule has 0 unspecified atom stereocenters. The summed E-state index contributed by atoms with van der Waals surface area (Å²) >= 11 is 0. The number of fused-ring (bicyclic) bond motifs is 1. The zero-order chi connectivity index (χ0) is 16.8. The lowest BCUT2D eigenvalue weighted by atomic mass is 10.1. The maximum Gasteiger partial charge on any atom is 0.256 e. The van der Waals surface area contributed by atoms with Gasteiger partial charge in [-0.2, -0.15) is 5.10 Å². The van der Waals surface area contributed by atoms with E-state index in [-0.39, 0.29) is 11.9 Å². The van der Waals surface area contributed by atoms with Crippen LogP contribution in [-0.4, -0.2) is 38.2 Å².